The minimum Gasteiger partial charge on any atom is -0.497 e. The van der Waals surface area contributed by atoms with Gasteiger partial charge in [0.1, 0.15) is 11.5 Å². The molecule has 0 aromatic heterocycles. The van der Waals surface area contributed by atoms with E-state index in [-0.39, 0.29) is 29.8 Å². The third-order valence-electron chi connectivity index (χ3n) is 6.81. The summed E-state index contributed by atoms with van der Waals surface area (Å²) < 4.78 is 10.6. The van der Waals surface area contributed by atoms with E-state index in [4.69, 9.17) is 9.47 Å². The first kappa shape index (κ1) is 22.2. The number of ether oxygens (including phenoxy) is 2. The largest absolute Gasteiger partial charge is 0.497 e. The lowest BCUT2D eigenvalue weighted by Gasteiger charge is -2.44. The highest BCUT2D eigenvalue weighted by molar-refractivity contribution is 5.97. The molecule has 3 unspecified atom stereocenters. The fourth-order valence-electron chi connectivity index (χ4n) is 5.02. The van der Waals surface area contributed by atoms with Gasteiger partial charge in [0.15, 0.2) is 0 Å². The highest BCUT2D eigenvalue weighted by Crippen LogP contribution is 2.42. The quantitative estimate of drug-likeness (QED) is 0.688. The third kappa shape index (κ3) is 4.31. The Balaban J connectivity index is 1.75. The number of nitrogens with zero attached hydrogens (tertiary/aromatic N) is 2. The molecule has 2 aliphatic heterocycles. The molecule has 2 amide bonds. The van der Waals surface area contributed by atoms with E-state index in [2.05, 4.69) is 6.92 Å². The van der Waals surface area contributed by atoms with Crippen LogP contribution in [0.15, 0.2) is 48.5 Å². The number of methoxy groups -OCH3 is 2. The molecule has 0 saturated carbocycles. The van der Waals surface area contributed by atoms with Gasteiger partial charge in [-0.15, -0.1) is 0 Å². The summed E-state index contributed by atoms with van der Waals surface area (Å²) in [4.78, 5) is 30.8. The maximum absolute atomic E-state index is 13.8. The van der Waals surface area contributed by atoms with Crippen LogP contribution in [0.4, 0.5) is 5.69 Å². The van der Waals surface area contributed by atoms with Crippen LogP contribution >= 0.6 is 0 Å². The van der Waals surface area contributed by atoms with E-state index in [0.29, 0.717) is 12.8 Å². The Morgan fingerprint density at radius 1 is 0.906 bits per heavy atom. The highest BCUT2D eigenvalue weighted by atomic mass is 16.5. The van der Waals surface area contributed by atoms with Crippen molar-refractivity contribution in [2.45, 2.75) is 51.1 Å². The first-order valence-corrected chi connectivity index (χ1v) is 11.4. The second-order valence-electron chi connectivity index (χ2n) is 8.70. The van der Waals surface area contributed by atoms with Crippen LogP contribution < -0.4 is 14.4 Å². The molecule has 2 fully saturated rings. The molecule has 0 radical (unpaired) electrons. The van der Waals surface area contributed by atoms with E-state index >= 15 is 0 Å². The van der Waals surface area contributed by atoms with Gasteiger partial charge in [-0.2, -0.15) is 0 Å². The Hall–Kier alpha value is -3.02. The van der Waals surface area contributed by atoms with E-state index in [0.717, 1.165) is 48.6 Å². The molecule has 3 atom stereocenters. The number of anilines is 1. The summed E-state index contributed by atoms with van der Waals surface area (Å²) in [5.74, 6) is 1.38. The predicted molar refractivity (Wildman–Crippen MR) is 124 cm³/mol. The smallest absolute Gasteiger partial charge is 0.228 e. The Bertz CT molecular complexity index is 941. The second kappa shape index (κ2) is 9.63. The molecule has 4 rings (SSSR count). The van der Waals surface area contributed by atoms with E-state index in [1.165, 1.54) is 0 Å². The zero-order valence-electron chi connectivity index (χ0n) is 19.1. The van der Waals surface area contributed by atoms with Crippen molar-refractivity contribution in [1.29, 1.82) is 0 Å². The number of carbonyl (C=O) groups excluding carboxylic acids is 2. The molecule has 2 heterocycles. The van der Waals surface area contributed by atoms with Gasteiger partial charge in [0, 0.05) is 24.7 Å². The number of likely N-dealkylation sites (tertiary alicyclic amines) is 1. The first-order chi connectivity index (χ1) is 15.5. The van der Waals surface area contributed by atoms with Gasteiger partial charge in [0.2, 0.25) is 11.8 Å². The molecular weight excluding hydrogens is 404 g/mol. The van der Waals surface area contributed by atoms with Crippen LogP contribution in [0.5, 0.6) is 11.5 Å². The molecule has 0 aliphatic carbocycles. The maximum atomic E-state index is 13.8. The minimum atomic E-state index is -0.364. The lowest BCUT2D eigenvalue weighted by Crippen LogP contribution is -2.52. The Labute approximate surface area is 190 Å². The van der Waals surface area contributed by atoms with Gasteiger partial charge in [-0.05, 0) is 74.6 Å². The van der Waals surface area contributed by atoms with Gasteiger partial charge in [-0.25, -0.2) is 0 Å². The molecule has 2 aromatic rings. The van der Waals surface area contributed by atoms with Crippen LogP contribution in [0.3, 0.4) is 0 Å². The first-order valence-electron chi connectivity index (χ1n) is 11.4. The summed E-state index contributed by atoms with van der Waals surface area (Å²) in [6, 6.07) is 15.1. The normalized spacial score (nSPS) is 23.7. The van der Waals surface area contributed by atoms with Crippen molar-refractivity contribution in [2.24, 2.45) is 5.92 Å². The van der Waals surface area contributed by atoms with Crippen LogP contribution in [-0.4, -0.2) is 43.5 Å². The zero-order valence-corrected chi connectivity index (χ0v) is 19.1. The van der Waals surface area contributed by atoms with Crippen molar-refractivity contribution < 1.29 is 19.1 Å². The molecule has 0 N–H and O–H groups in total. The predicted octanol–water partition coefficient (Wildman–Crippen LogP) is 4.59. The van der Waals surface area contributed by atoms with Crippen molar-refractivity contribution in [3.8, 4) is 11.5 Å². The Morgan fingerprint density at radius 3 is 2.12 bits per heavy atom. The average molecular weight is 437 g/mol. The number of piperidine rings is 2. The van der Waals surface area contributed by atoms with Crippen LogP contribution in [0.25, 0.3) is 0 Å². The lowest BCUT2D eigenvalue weighted by atomic mass is 9.82. The van der Waals surface area contributed by atoms with Crippen molar-refractivity contribution in [3.05, 3.63) is 54.1 Å². The van der Waals surface area contributed by atoms with Crippen LogP contribution in [0.1, 0.15) is 50.6 Å². The average Bonchev–Trinajstić information content (AvgIpc) is 2.84. The summed E-state index contributed by atoms with van der Waals surface area (Å²) in [7, 11) is 3.25. The van der Waals surface area contributed by atoms with Crippen molar-refractivity contribution in [1.82, 2.24) is 4.90 Å². The molecular formula is C26H32N2O4. The number of rotatable bonds is 5. The van der Waals surface area contributed by atoms with Crippen LogP contribution in [-0.2, 0) is 9.59 Å². The Morgan fingerprint density at radius 2 is 1.53 bits per heavy atom. The standard InChI is InChI=1S/C26H32N2O4/c1-18-6-4-5-17-27(18)26(30)23-15-16-24(29)28(20-9-13-22(32-3)14-10-20)25(23)19-7-11-21(31-2)12-8-19/h7-14,18,23,25H,4-6,15-17H2,1-3H3. The van der Waals surface area contributed by atoms with Gasteiger partial charge in [0.25, 0.3) is 0 Å². The van der Waals surface area contributed by atoms with Gasteiger partial charge < -0.3 is 19.3 Å². The monoisotopic (exact) mass is 436 g/mol. The molecule has 2 aromatic carbocycles. The van der Waals surface area contributed by atoms with Crippen molar-refractivity contribution >= 4 is 17.5 Å². The molecule has 2 aliphatic rings. The summed E-state index contributed by atoms with van der Waals surface area (Å²) >= 11 is 0. The maximum Gasteiger partial charge on any atom is 0.228 e. The lowest BCUT2D eigenvalue weighted by molar-refractivity contribution is -0.141. The molecule has 0 bridgehead atoms. The highest BCUT2D eigenvalue weighted by Gasteiger charge is 2.43. The topological polar surface area (TPSA) is 59.1 Å². The number of hydrogen-bond acceptors (Lipinski definition) is 4. The van der Waals surface area contributed by atoms with E-state index in [1.807, 2.05) is 58.3 Å². The summed E-state index contributed by atoms with van der Waals surface area (Å²) in [6.45, 7) is 2.93. The fourth-order valence-corrected chi connectivity index (χ4v) is 5.02. The summed E-state index contributed by atoms with van der Waals surface area (Å²) in [5, 5.41) is 0. The Kier molecular flexibility index (Phi) is 6.68. The number of hydrogen-bond donors (Lipinski definition) is 0. The number of carbonyl (C=O) groups is 2. The van der Waals surface area contributed by atoms with Gasteiger partial charge in [-0.1, -0.05) is 12.1 Å². The second-order valence-corrected chi connectivity index (χ2v) is 8.70. The molecule has 0 spiro atoms. The molecule has 32 heavy (non-hydrogen) atoms. The molecule has 6 nitrogen and oxygen atoms in total. The summed E-state index contributed by atoms with van der Waals surface area (Å²) in [6.07, 6.45) is 4.15. The van der Waals surface area contributed by atoms with Gasteiger partial charge >= 0.3 is 0 Å². The van der Waals surface area contributed by atoms with E-state index in [1.54, 1.807) is 14.2 Å². The molecule has 6 heteroatoms. The zero-order chi connectivity index (χ0) is 22.7. The van der Waals surface area contributed by atoms with Crippen LogP contribution in [0, 0.1) is 5.92 Å². The van der Waals surface area contributed by atoms with E-state index < -0.39 is 0 Å². The van der Waals surface area contributed by atoms with Gasteiger partial charge in [-0.3, -0.25) is 9.59 Å². The van der Waals surface area contributed by atoms with E-state index in [9.17, 15) is 9.59 Å². The van der Waals surface area contributed by atoms with Crippen molar-refractivity contribution in [3.63, 3.8) is 0 Å². The summed E-state index contributed by atoms with van der Waals surface area (Å²) in [5.41, 5.74) is 1.72. The van der Waals surface area contributed by atoms with Crippen LogP contribution in [0.2, 0.25) is 0 Å². The third-order valence-corrected chi connectivity index (χ3v) is 6.81. The molecule has 170 valence electrons. The minimum absolute atomic E-state index is 0.0340. The molecule has 2 saturated heterocycles. The number of amides is 2. The SMILES string of the molecule is COc1ccc(C2C(C(=O)N3CCCCC3C)CCC(=O)N2c2ccc(OC)cc2)cc1. The number of benzene rings is 2. The fraction of sp³-hybridized carbons (Fsp3) is 0.462. The van der Waals surface area contributed by atoms with Gasteiger partial charge in [0.05, 0.1) is 26.2 Å². The van der Waals surface area contributed by atoms with Crippen molar-refractivity contribution in [2.75, 3.05) is 25.7 Å².